The molecule has 0 amide bonds. The van der Waals surface area contributed by atoms with E-state index in [0.717, 1.165) is 39.6 Å². The zero-order chi connectivity index (χ0) is 24.4. The van der Waals surface area contributed by atoms with Gasteiger partial charge in [-0.15, -0.1) is 0 Å². The Morgan fingerprint density at radius 3 is 1.31 bits per heavy atom. The molecule has 0 atom stereocenters. The van der Waals surface area contributed by atoms with Gasteiger partial charge in [0.05, 0.1) is 0 Å². The molecule has 3 saturated heterocycles. The molecule has 0 spiro atoms. The van der Waals surface area contributed by atoms with Gasteiger partial charge in [-0.2, -0.15) is 12.1 Å². The van der Waals surface area contributed by atoms with Crippen LogP contribution in [-0.4, -0.2) is 45.9 Å². The first-order chi connectivity index (χ1) is 16.6. The topological polar surface area (TPSA) is 41.7 Å². The van der Waals surface area contributed by atoms with Crippen LogP contribution in [0.3, 0.4) is 0 Å². The first-order valence-corrected chi connectivity index (χ1v) is 13.3. The molecule has 190 valence electrons. The van der Waals surface area contributed by atoms with E-state index in [1.54, 1.807) is 0 Å². The maximum Gasteiger partial charge on any atom is 1.00 e. The fraction of sp³-hybridized carbons (Fsp3) is 0.600. The maximum atomic E-state index is 4.94. The summed E-state index contributed by atoms with van der Waals surface area (Å²) in [6.45, 7) is 15.0. The van der Waals surface area contributed by atoms with E-state index in [-0.39, 0.29) is 18.9 Å². The Morgan fingerprint density at radius 1 is 0.657 bits per heavy atom. The summed E-state index contributed by atoms with van der Waals surface area (Å²) >= 11 is 0. The van der Waals surface area contributed by atoms with E-state index in [9.17, 15) is 0 Å². The van der Waals surface area contributed by atoms with Crippen LogP contribution in [0.2, 0.25) is 0 Å². The van der Waals surface area contributed by atoms with Crippen molar-refractivity contribution in [2.24, 2.45) is 0 Å². The molecule has 3 aliphatic heterocycles. The van der Waals surface area contributed by atoms with Gasteiger partial charge in [-0.25, -0.2) is 17.1 Å². The molecule has 35 heavy (non-hydrogen) atoms. The zero-order valence-electron chi connectivity index (χ0n) is 23.0. The summed E-state index contributed by atoms with van der Waals surface area (Å²) in [6, 6.07) is 14.9. The van der Waals surface area contributed by atoms with Gasteiger partial charge in [0, 0.05) is 50.8 Å². The second-order valence-electron chi connectivity index (χ2n) is 9.59. The minimum Gasteiger partial charge on any atom is -0.381 e. The standard InChI is InChI=1S/C18H22N.3C4H8O.Li/c1-13(2)16-10-7-11-17(14(3)4)18(16)19-12-15-8-5-6-9-15;3*1-2-4-5-3-1;/h5-14H,1-4H3;3*1-4H2;/q-1;;;;+1/p+1. The molecule has 4 nitrogen and oxygen atoms in total. The predicted molar refractivity (Wildman–Crippen MR) is 143 cm³/mol. The van der Waals surface area contributed by atoms with E-state index < -0.39 is 0 Å². The minimum absolute atomic E-state index is 0. The summed E-state index contributed by atoms with van der Waals surface area (Å²) in [5.41, 5.74) is 5.25. The number of rotatable bonds is 4. The van der Waals surface area contributed by atoms with Gasteiger partial charge in [-0.3, -0.25) is 0 Å². The van der Waals surface area contributed by atoms with E-state index in [1.807, 2.05) is 0 Å². The fourth-order valence-corrected chi connectivity index (χ4v) is 3.89. The average Bonchev–Trinajstić information content (AvgIpc) is 3.68. The molecule has 3 heterocycles. The van der Waals surface area contributed by atoms with Gasteiger partial charge in [0.15, 0.2) is 0 Å². The van der Waals surface area contributed by atoms with Crippen LogP contribution in [0, 0.1) is 0 Å². The van der Waals surface area contributed by atoms with Crippen LogP contribution < -0.4 is 23.9 Å². The number of para-hydroxylation sites is 1. The summed E-state index contributed by atoms with van der Waals surface area (Å²) in [5.74, 6) is 1.04. The third kappa shape index (κ3) is 13.6. The Labute approximate surface area is 226 Å². The maximum absolute atomic E-state index is 4.94. The van der Waals surface area contributed by atoms with Gasteiger partial charge < -0.3 is 14.2 Å². The van der Waals surface area contributed by atoms with Crippen molar-refractivity contribution < 1.29 is 38.1 Å². The molecule has 0 saturated carbocycles. The molecule has 5 heteroatoms. The molecule has 3 fully saturated rings. The molecule has 0 bridgehead atoms. The number of benzene rings is 1. The first kappa shape index (κ1) is 31.7. The number of ether oxygens (including phenoxy) is 3. The van der Waals surface area contributed by atoms with Crippen molar-refractivity contribution in [2.75, 3.05) is 39.6 Å². The Morgan fingerprint density at radius 2 is 1.03 bits per heavy atom. The molecular weight excluding hydrogens is 429 g/mol. The quantitative estimate of drug-likeness (QED) is 0.419. The molecule has 0 aromatic heterocycles. The Balaban J connectivity index is 0.000000306. The molecule has 0 unspecified atom stereocenters. The molecule has 3 aliphatic rings. The van der Waals surface area contributed by atoms with E-state index in [1.165, 1.54) is 60.9 Å². The van der Waals surface area contributed by atoms with Crippen molar-refractivity contribution in [3.8, 4) is 0 Å². The molecule has 2 aromatic rings. The third-order valence-electron chi connectivity index (χ3n) is 5.93. The van der Waals surface area contributed by atoms with Gasteiger partial charge >= 0.3 is 18.9 Å². The van der Waals surface area contributed by atoms with E-state index in [4.69, 9.17) is 14.2 Å². The van der Waals surface area contributed by atoms with Gasteiger partial charge in [0.25, 0.3) is 0 Å². The van der Waals surface area contributed by atoms with Crippen molar-refractivity contribution in [1.82, 2.24) is 0 Å². The molecule has 0 radical (unpaired) electrons. The summed E-state index contributed by atoms with van der Waals surface area (Å²) in [7, 11) is 0. The molecule has 0 aliphatic carbocycles. The molecule has 2 aromatic carbocycles. The van der Waals surface area contributed by atoms with Crippen LogP contribution in [0.25, 0.3) is 0 Å². The van der Waals surface area contributed by atoms with Crippen molar-refractivity contribution in [2.45, 2.75) is 78.1 Å². The van der Waals surface area contributed by atoms with Crippen molar-refractivity contribution in [3.63, 3.8) is 0 Å². The Hall–Kier alpha value is -1.28. The smallest absolute Gasteiger partial charge is 0.381 e. The first-order valence-electron chi connectivity index (χ1n) is 13.3. The van der Waals surface area contributed by atoms with Crippen LogP contribution in [0.5, 0.6) is 0 Å². The van der Waals surface area contributed by atoms with E-state index >= 15 is 0 Å². The second kappa shape index (κ2) is 19.9. The number of nitrogens with one attached hydrogen (secondary N) is 1. The van der Waals surface area contributed by atoms with Gasteiger partial charge in [0.2, 0.25) is 5.69 Å². The fourth-order valence-electron chi connectivity index (χ4n) is 3.89. The van der Waals surface area contributed by atoms with Gasteiger partial charge in [-0.1, -0.05) is 51.5 Å². The number of hydrogen-bond acceptors (Lipinski definition) is 3. The van der Waals surface area contributed by atoms with Crippen LogP contribution >= 0.6 is 0 Å². The SMILES string of the molecule is C1CCOC1.C1CCOC1.C1CCOC1.CC(C)c1cccc(C(C)C)c1[NH+]=C[c-]1cccc1.[Li+]. The zero-order valence-corrected chi connectivity index (χ0v) is 23.0. The second-order valence-corrected chi connectivity index (χ2v) is 9.59. The van der Waals surface area contributed by atoms with Crippen LogP contribution in [0.15, 0.2) is 42.5 Å². The molecular formula is C30H47LiNO3+. The molecule has 5 rings (SSSR count). The van der Waals surface area contributed by atoms with Crippen LogP contribution in [0.1, 0.15) is 94.7 Å². The third-order valence-corrected chi connectivity index (χ3v) is 5.93. The molecule has 1 N–H and O–H groups in total. The Bertz CT molecular complexity index is 702. The van der Waals surface area contributed by atoms with Crippen LogP contribution in [0.4, 0.5) is 5.69 Å². The van der Waals surface area contributed by atoms with Crippen molar-refractivity contribution in [3.05, 3.63) is 59.2 Å². The van der Waals surface area contributed by atoms with Crippen LogP contribution in [-0.2, 0) is 14.2 Å². The van der Waals surface area contributed by atoms with E-state index in [2.05, 4.69) is 81.4 Å². The summed E-state index contributed by atoms with van der Waals surface area (Å²) in [5, 5.41) is 0. The van der Waals surface area contributed by atoms with Gasteiger partial charge in [-0.05, 0) is 50.4 Å². The summed E-state index contributed by atoms with van der Waals surface area (Å²) in [4.78, 5) is 3.52. The van der Waals surface area contributed by atoms with Gasteiger partial charge in [0.1, 0.15) is 6.21 Å². The predicted octanol–water partition coefficient (Wildman–Crippen LogP) is 2.88. The Kier molecular flexibility index (Phi) is 18.0. The van der Waals surface area contributed by atoms with Crippen molar-refractivity contribution >= 4 is 11.9 Å². The van der Waals surface area contributed by atoms with Crippen molar-refractivity contribution in [1.29, 1.82) is 0 Å². The summed E-state index contributed by atoms with van der Waals surface area (Å²) in [6.07, 6.45) is 9.76. The summed E-state index contributed by atoms with van der Waals surface area (Å²) < 4.78 is 14.8. The monoisotopic (exact) mass is 476 g/mol. The number of hydrogen-bond donors (Lipinski definition) is 1. The normalized spacial score (nSPS) is 16.7. The average molecular weight is 477 g/mol. The minimum atomic E-state index is 0. The van der Waals surface area contributed by atoms with E-state index in [0.29, 0.717) is 11.8 Å². The largest absolute Gasteiger partial charge is 1.00 e.